The van der Waals surface area contributed by atoms with Crippen LogP contribution in [0.1, 0.15) is 49.5 Å². The third kappa shape index (κ3) is 4.88. The fraction of sp³-hybridized carbons (Fsp3) is 0.654. The smallest absolute Gasteiger partial charge is 0.189 e. The van der Waals surface area contributed by atoms with Crippen molar-refractivity contribution in [3.8, 4) is 0 Å². The molecule has 1 aromatic rings. The van der Waals surface area contributed by atoms with Gasteiger partial charge in [0, 0.05) is 49.2 Å². The van der Waals surface area contributed by atoms with Crippen LogP contribution in [-0.4, -0.2) is 78.4 Å². The van der Waals surface area contributed by atoms with E-state index in [2.05, 4.69) is 6.07 Å². The summed E-state index contributed by atoms with van der Waals surface area (Å²) in [4.78, 5) is 15.0. The number of epoxide rings is 1. The van der Waals surface area contributed by atoms with Crippen LogP contribution in [0.5, 0.6) is 0 Å². The number of anilines is 1. The van der Waals surface area contributed by atoms with Crippen molar-refractivity contribution in [3.05, 3.63) is 40.5 Å². The SMILES string of the molecule is CC(C[C@@H]1OC[C@H](C[C@@H]2O[C@H]2[C@@H](C)[C@H](C)O)[C@@H](O)[C@H]1O)=C1Cc2cc(N(C)C)ccc2C1=O. The quantitative estimate of drug-likeness (QED) is 0.424. The molecule has 1 aliphatic carbocycles. The van der Waals surface area contributed by atoms with Crippen molar-refractivity contribution in [1.29, 1.82) is 0 Å². The number of rotatable bonds is 7. The summed E-state index contributed by atoms with van der Waals surface area (Å²) in [6.45, 7) is 5.96. The molecule has 7 nitrogen and oxygen atoms in total. The van der Waals surface area contributed by atoms with Gasteiger partial charge in [0.05, 0.1) is 37.1 Å². The highest BCUT2D eigenvalue weighted by molar-refractivity contribution is 6.13. The van der Waals surface area contributed by atoms with Gasteiger partial charge in [-0.2, -0.15) is 0 Å². The molecular formula is C26H37NO6. The van der Waals surface area contributed by atoms with Gasteiger partial charge in [0.2, 0.25) is 0 Å². The second-order valence-electron chi connectivity index (χ2n) is 10.3. The van der Waals surface area contributed by atoms with Crippen LogP contribution < -0.4 is 4.90 Å². The van der Waals surface area contributed by atoms with Gasteiger partial charge in [-0.05, 0) is 50.5 Å². The maximum absolute atomic E-state index is 13.0. The van der Waals surface area contributed by atoms with Crippen molar-refractivity contribution in [2.75, 3.05) is 25.6 Å². The van der Waals surface area contributed by atoms with Crippen LogP contribution in [0.3, 0.4) is 0 Å². The topological polar surface area (TPSA) is 103 Å². The summed E-state index contributed by atoms with van der Waals surface area (Å²) in [6.07, 6.45) is -1.39. The summed E-state index contributed by atoms with van der Waals surface area (Å²) >= 11 is 0. The first-order valence-corrected chi connectivity index (χ1v) is 11.9. The van der Waals surface area contributed by atoms with Crippen molar-refractivity contribution < 1.29 is 29.6 Å². The van der Waals surface area contributed by atoms with Crippen LogP contribution in [0.15, 0.2) is 29.3 Å². The minimum absolute atomic E-state index is 0.0120. The molecule has 0 saturated carbocycles. The predicted octanol–water partition coefficient (Wildman–Crippen LogP) is 2.11. The third-order valence-electron chi connectivity index (χ3n) is 7.69. The Bertz CT molecular complexity index is 925. The lowest BCUT2D eigenvalue weighted by Crippen LogP contribution is -2.50. The minimum Gasteiger partial charge on any atom is -0.393 e. The number of carbonyl (C=O) groups is 1. The molecule has 33 heavy (non-hydrogen) atoms. The Hall–Kier alpha value is -1.77. The summed E-state index contributed by atoms with van der Waals surface area (Å²) < 4.78 is 11.7. The molecule has 0 aromatic heterocycles. The van der Waals surface area contributed by atoms with Crippen LogP contribution in [0.2, 0.25) is 0 Å². The third-order valence-corrected chi connectivity index (χ3v) is 7.69. The van der Waals surface area contributed by atoms with E-state index < -0.39 is 24.4 Å². The number of hydrogen-bond acceptors (Lipinski definition) is 7. The van der Waals surface area contributed by atoms with E-state index in [4.69, 9.17) is 9.47 Å². The zero-order valence-electron chi connectivity index (χ0n) is 20.2. The lowest BCUT2D eigenvalue weighted by Gasteiger charge is -2.38. The number of aliphatic hydroxyl groups excluding tert-OH is 3. The molecule has 2 aliphatic heterocycles. The van der Waals surface area contributed by atoms with Crippen molar-refractivity contribution in [2.45, 2.75) is 76.7 Å². The molecular weight excluding hydrogens is 422 g/mol. The van der Waals surface area contributed by atoms with E-state index in [1.165, 1.54) is 0 Å². The lowest BCUT2D eigenvalue weighted by molar-refractivity contribution is -0.165. The average molecular weight is 460 g/mol. The van der Waals surface area contributed by atoms with Gasteiger partial charge in [-0.3, -0.25) is 4.79 Å². The molecule has 0 spiro atoms. The van der Waals surface area contributed by atoms with Crippen molar-refractivity contribution >= 4 is 11.5 Å². The minimum atomic E-state index is -1.02. The van der Waals surface area contributed by atoms with E-state index in [0.717, 1.165) is 28.0 Å². The summed E-state index contributed by atoms with van der Waals surface area (Å²) in [6, 6.07) is 5.90. The molecule has 0 bridgehead atoms. The normalized spacial score (nSPS) is 34.6. The molecule has 0 radical (unpaired) electrons. The van der Waals surface area contributed by atoms with Crippen LogP contribution in [0.25, 0.3) is 0 Å². The van der Waals surface area contributed by atoms with E-state index in [1.54, 1.807) is 6.92 Å². The first-order chi connectivity index (χ1) is 15.6. The molecule has 4 rings (SSSR count). The van der Waals surface area contributed by atoms with E-state index in [9.17, 15) is 20.1 Å². The number of Topliss-reactive ketones (excluding diaryl/α,β-unsaturated/α-hetero) is 1. The van der Waals surface area contributed by atoms with Gasteiger partial charge in [-0.15, -0.1) is 0 Å². The fourth-order valence-electron chi connectivity index (χ4n) is 5.14. The Morgan fingerprint density at radius 2 is 1.91 bits per heavy atom. The van der Waals surface area contributed by atoms with Gasteiger partial charge in [-0.25, -0.2) is 0 Å². The van der Waals surface area contributed by atoms with Gasteiger partial charge in [0.25, 0.3) is 0 Å². The molecule has 2 heterocycles. The number of aliphatic hydroxyl groups is 3. The molecule has 2 saturated heterocycles. The molecule has 8 atom stereocenters. The highest BCUT2D eigenvalue weighted by Gasteiger charge is 2.48. The Labute approximate surface area is 196 Å². The van der Waals surface area contributed by atoms with Crippen LogP contribution >= 0.6 is 0 Å². The number of ketones is 1. The van der Waals surface area contributed by atoms with Crippen molar-refractivity contribution in [1.82, 2.24) is 0 Å². The Morgan fingerprint density at radius 1 is 1.18 bits per heavy atom. The van der Waals surface area contributed by atoms with E-state index in [0.29, 0.717) is 25.9 Å². The molecule has 182 valence electrons. The molecule has 1 aromatic carbocycles. The van der Waals surface area contributed by atoms with Gasteiger partial charge in [0.15, 0.2) is 5.78 Å². The van der Waals surface area contributed by atoms with Crippen LogP contribution in [0, 0.1) is 11.8 Å². The highest BCUT2D eigenvalue weighted by Crippen LogP contribution is 2.39. The molecule has 3 aliphatic rings. The second kappa shape index (κ2) is 9.47. The molecule has 2 fully saturated rings. The zero-order valence-corrected chi connectivity index (χ0v) is 20.2. The van der Waals surface area contributed by atoms with Crippen LogP contribution in [0.4, 0.5) is 5.69 Å². The standard InChI is InChI=1S/C26H37NO6/c1-13(20-10-16-9-18(27(4)5)6-7-19(16)24(20)30)8-21-25(31)23(29)17(12-32-21)11-22-26(33-22)14(2)15(3)28/h6-7,9,14-15,17,21-23,25-26,28-29,31H,8,10-12H2,1-5H3/t14-,15-,17-,21-,22-,23+,25-,26-/m0/s1. The Kier molecular flexibility index (Phi) is 6.99. The van der Waals surface area contributed by atoms with Gasteiger partial charge >= 0.3 is 0 Å². The maximum atomic E-state index is 13.0. The van der Waals surface area contributed by atoms with E-state index >= 15 is 0 Å². The summed E-state index contributed by atoms with van der Waals surface area (Å²) in [5, 5.41) is 31.3. The van der Waals surface area contributed by atoms with Gasteiger partial charge < -0.3 is 29.7 Å². The fourth-order valence-corrected chi connectivity index (χ4v) is 5.14. The van der Waals surface area contributed by atoms with E-state index in [1.807, 2.05) is 45.0 Å². The number of ether oxygens (including phenoxy) is 2. The number of hydrogen-bond donors (Lipinski definition) is 3. The molecule has 0 amide bonds. The average Bonchev–Trinajstić information content (AvgIpc) is 3.46. The first-order valence-electron chi connectivity index (χ1n) is 11.9. The van der Waals surface area contributed by atoms with Crippen LogP contribution in [-0.2, 0) is 15.9 Å². The summed E-state index contributed by atoms with van der Waals surface area (Å²) in [5.41, 5.74) is 4.48. The van der Waals surface area contributed by atoms with Crippen molar-refractivity contribution in [2.24, 2.45) is 11.8 Å². The maximum Gasteiger partial charge on any atom is 0.189 e. The molecule has 7 heteroatoms. The number of carbonyl (C=O) groups excluding carboxylic acids is 1. The summed E-state index contributed by atoms with van der Waals surface area (Å²) in [7, 11) is 3.95. The van der Waals surface area contributed by atoms with Gasteiger partial charge in [0.1, 0.15) is 6.10 Å². The highest BCUT2D eigenvalue weighted by atomic mass is 16.6. The molecule has 0 unspecified atom stereocenters. The lowest BCUT2D eigenvalue weighted by atomic mass is 9.85. The Morgan fingerprint density at radius 3 is 2.58 bits per heavy atom. The predicted molar refractivity (Wildman–Crippen MR) is 125 cm³/mol. The number of allylic oxidation sites excluding steroid dienone is 1. The van der Waals surface area contributed by atoms with E-state index in [-0.39, 0.29) is 29.8 Å². The largest absolute Gasteiger partial charge is 0.393 e. The Balaban J connectivity index is 1.37. The number of nitrogens with zero attached hydrogens (tertiary/aromatic N) is 1. The zero-order chi connectivity index (χ0) is 24.0. The van der Waals surface area contributed by atoms with Gasteiger partial charge in [-0.1, -0.05) is 12.5 Å². The second-order valence-corrected chi connectivity index (χ2v) is 10.3. The number of fused-ring (bicyclic) bond motifs is 1. The first kappa shape index (κ1) is 24.4. The summed E-state index contributed by atoms with van der Waals surface area (Å²) in [5.74, 6) is -0.145. The van der Waals surface area contributed by atoms with Crippen molar-refractivity contribution in [3.63, 3.8) is 0 Å². The monoisotopic (exact) mass is 459 g/mol. The molecule has 3 N–H and O–H groups in total. The number of benzene rings is 1.